The highest BCUT2D eigenvalue weighted by atomic mass is 32.2. The molecule has 0 saturated carbocycles. The molecule has 0 radical (unpaired) electrons. The van der Waals surface area contributed by atoms with Crippen molar-refractivity contribution < 1.29 is 8.42 Å². The lowest BCUT2D eigenvalue weighted by Crippen LogP contribution is -2.34. The summed E-state index contributed by atoms with van der Waals surface area (Å²) in [6.07, 6.45) is 2.14. The van der Waals surface area contributed by atoms with E-state index in [1.807, 2.05) is 13.8 Å². The molecule has 1 atom stereocenters. The molecule has 0 aromatic carbocycles. The van der Waals surface area contributed by atoms with Crippen molar-refractivity contribution in [2.24, 2.45) is 5.92 Å². The summed E-state index contributed by atoms with van der Waals surface area (Å²) in [6.45, 7) is 5.85. The standard InChI is InChI=1S/C12H17N3O2S/c1-9(2)7-10(3)15-18(16,17)12-5-4-6-14-11(12)8-13/h4-6,9-10,15H,7H2,1-3H3. The molecule has 0 amide bonds. The molecular formula is C12H17N3O2S. The minimum Gasteiger partial charge on any atom is -0.244 e. The summed E-state index contributed by atoms with van der Waals surface area (Å²) < 4.78 is 26.8. The van der Waals surface area contributed by atoms with Crippen LogP contribution in [0, 0.1) is 17.2 Å². The number of sulfonamides is 1. The third-order valence-corrected chi connectivity index (χ3v) is 3.97. The van der Waals surface area contributed by atoms with Crippen LogP contribution in [0.3, 0.4) is 0 Å². The predicted octanol–water partition coefficient (Wildman–Crippen LogP) is 1.67. The number of rotatable bonds is 5. The van der Waals surface area contributed by atoms with Gasteiger partial charge < -0.3 is 0 Å². The molecule has 1 aromatic heterocycles. The highest BCUT2D eigenvalue weighted by molar-refractivity contribution is 7.89. The van der Waals surface area contributed by atoms with E-state index in [1.54, 1.807) is 13.0 Å². The van der Waals surface area contributed by atoms with E-state index in [2.05, 4.69) is 9.71 Å². The van der Waals surface area contributed by atoms with Gasteiger partial charge in [0.25, 0.3) is 0 Å². The second-order valence-electron chi connectivity index (χ2n) is 4.61. The predicted molar refractivity (Wildman–Crippen MR) is 68.2 cm³/mol. The number of aromatic nitrogens is 1. The van der Waals surface area contributed by atoms with Crippen LogP contribution in [-0.4, -0.2) is 19.4 Å². The van der Waals surface area contributed by atoms with E-state index in [0.717, 1.165) is 6.42 Å². The minimum absolute atomic E-state index is 0.0666. The molecule has 0 bridgehead atoms. The molecule has 0 saturated heterocycles. The van der Waals surface area contributed by atoms with Gasteiger partial charge in [0.15, 0.2) is 5.69 Å². The SMILES string of the molecule is CC(C)CC(C)NS(=O)(=O)c1cccnc1C#N. The minimum atomic E-state index is -3.68. The van der Waals surface area contributed by atoms with E-state index in [-0.39, 0.29) is 16.6 Å². The van der Waals surface area contributed by atoms with Crippen molar-refractivity contribution in [1.82, 2.24) is 9.71 Å². The number of nitriles is 1. The molecule has 0 fully saturated rings. The van der Waals surface area contributed by atoms with Crippen LogP contribution in [0.2, 0.25) is 0 Å². The first-order valence-electron chi connectivity index (χ1n) is 5.74. The van der Waals surface area contributed by atoms with Gasteiger partial charge in [-0.2, -0.15) is 5.26 Å². The van der Waals surface area contributed by atoms with Crippen molar-refractivity contribution in [1.29, 1.82) is 5.26 Å². The zero-order chi connectivity index (χ0) is 13.8. The Balaban J connectivity index is 2.97. The van der Waals surface area contributed by atoms with Crippen molar-refractivity contribution in [2.45, 2.75) is 38.1 Å². The number of nitrogens with zero attached hydrogens (tertiary/aromatic N) is 2. The fourth-order valence-corrected chi connectivity index (χ4v) is 3.14. The van der Waals surface area contributed by atoms with Crippen molar-refractivity contribution in [3.63, 3.8) is 0 Å². The van der Waals surface area contributed by atoms with Gasteiger partial charge in [-0.1, -0.05) is 13.8 Å². The van der Waals surface area contributed by atoms with Crippen LogP contribution in [0.25, 0.3) is 0 Å². The van der Waals surface area contributed by atoms with Crippen LogP contribution in [0.1, 0.15) is 32.9 Å². The van der Waals surface area contributed by atoms with Crippen LogP contribution < -0.4 is 4.72 Å². The fraction of sp³-hybridized carbons (Fsp3) is 0.500. The lowest BCUT2D eigenvalue weighted by Gasteiger charge is -2.16. The topological polar surface area (TPSA) is 82.8 Å². The number of hydrogen-bond donors (Lipinski definition) is 1. The van der Waals surface area contributed by atoms with Gasteiger partial charge in [-0.25, -0.2) is 18.1 Å². The largest absolute Gasteiger partial charge is 0.244 e. The highest BCUT2D eigenvalue weighted by Crippen LogP contribution is 2.14. The van der Waals surface area contributed by atoms with E-state index in [1.165, 1.54) is 18.3 Å². The average molecular weight is 267 g/mol. The normalized spacial score (nSPS) is 13.3. The lowest BCUT2D eigenvalue weighted by atomic mass is 10.1. The summed E-state index contributed by atoms with van der Waals surface area (Å²) in [4.78, 5) is 3.68. The monoisotopic (exact) mass is 267 g/mol. The first-order valence-corrected chi connectivity index (χ1v) is 7.22. The summed E-state index contributed by atoms with van der Waals surface area (Å²) in [6, 6.07) is 4.49. The molecule has 18 heavy (non-hydrogen) atoms. The van der Waals surface area contributed by atoms with Gasteiger partial charge in [0.1, 0.15) is 11.0 Å². The van der Waals surface area contributed by atoms with Gasteiger partial charge in [0, 0.05) is 12.2 Å². The Hall–Kier alpha value is -1.45. The molecule has 0 aliphatic heterocycles. The highest BCUT2D eigenvalue weighted by Gasteiger charge is 2.21. The molecule has 1 rings (SSSR count). The van der Waals surface area contributed by atoms with Gasteiger partial charge in [-0.15, -0.1) is 0 Å². The van der Waals surface area contributed by atoms with E-state index >= 15 is 0 Å². The third-order valence-electron chi connectivity index (χ3n) is 2.35. The van der Waals surface area contributed by atoms with Crippen molar-refractivity contribution in [3.05, 3.63) is 24.0 Å². The summed E-state index contributed by atoms with van der Waals surface area (Å²) >= 11 is 0. The molecule has 0 aliphatic carbocycles. The summed E-state index contributed by atoms with van der Waals surface area (Å²) in [5.41, 5.74) is -0.0817. The van der Waals surface area contributed by atoms with Crippen LogP contribution in [0.4, 0.5) is 0 Å². The average Bonchev–Trinajstić information content (AvgIpc) is 2.27. The summed E-state index contributed by atoms with van der Waals surface area (Å²) in [5, 5.41) is 8.86. The quantitative estimate of drug-likeness (QED) is 0.879. The first-order chi connectivity index (χ1) is 8.36. The Labute approximate surface area is 108 Å². The molecular weight excluding hydrogens is 250 g/mol. The second kappa shape index (κ2) is 5.94. The molecule has 1 N–H and O–H groups in total. The Kier molecular flexibility index (Phi) is 4.82. The van der Waals surface area contributed by atoms with Crippen molar-refractivity contribution in [2.75, 3.05) is 0 Å². The number of nitrogens with one attached hydrogen (secondary N) is 1. The third kappa shape index (κ3) is 3.79. The Bertz CT molecular complexity index is 547. The fourth-order valence-electron chi connectivity index (χ4n) is 1.77. The molecule has 5 nitrogen and oxygen atoms in total. The molecule has 0 spiro atoms. The molecule has 1 unspecified atom stereocenters. The Morgan fingerprint density at radius 1 is 1.44 bits per heavy atom. The van der Waals surface area contributed by atoms with E-state index in [0.29, 0.717) is 5.92 Å². The van der Waals surface area contributed by atoms with Crippen molar-refractivity contribution in [3.8, 4) is 6.07 Å². The van der Waals surface area contributed by atoms with Gasteiger partial charge in [-0.3, -0.25) is 0 Å². The van der Waals surface area contributed by atoms with Crippen molar-refractivity contribution >= 4 is 10.0 Å². The molecule has 0 aliphatic rings. The molecule has 1 aromatic rings. The van der Waals surface area contributed by atoms with Gasteiger partial charge in [0.05, 0.1) is 0 Å². The zero-order valence-corrected chi connectivity index (χ0v) is 11.5. The van der Waals surface area contributed by atoms with Crippen LogP contribution in [-0.2, 0) is 10.0 Å². The van der Waals surface area contributed by atoms with Crippen LogP contribution in [0.5, 0.6) is 0 Å². The Morgan fingerprint density at radius 2 is 2.11 bits per heavy atom. The molecule has 1 heterocycles. The van der Waals surface area contributed by atoms with E-state index in [4.69, 9.17) is 5.26 Å². The van der Waals surface area contributed by atoms with Gasteiger partial charge in [-0.05, 0) is 31.4 Å². The zero-order valence-electron chi connectivity index (χ0n) is 10.7. The Morgan fingerprint density at radius 3 is 2.67 bits per heavy atom. The maximum absolute atomic E-state index is 12.1. The second-order valence-corrected chi connectivity index (χ2v) is 6.30. The number of hydrogen-bond acceptors (Lipinski definition) is 4. The maximum atomic E-state index is 12.1. The van der Waals surface area contributed by atoms with E-state index in [9.17, 15) is 8.42 Å². The van der Waals surface area contributed by atoms with E-state index < -0.39 is 10.0 Å². The van der Waals surface area contributed by atoms with Crippen LogP contribution >= 0.6 is 0 Å². The molecule has 6 heteroatoms. The molecule has 98 valence electrons. The summed E-state index contributed by atoms with van der Waals surface area (Å²) in [7, 11) is -3.68. The van der Waals surface area contributed by atoms with Gasteiger partial charge >= 0.3 is 0 Å². The van der Waals surface area contributed by atoms with Crippen LogP contribution in [0.15, 0.2) is 23.2 Å². The number of pyridine rings is 1. The first kappa shape index (κ1) is 14.6. The lowest BCUT2D eigenvalue weighted by molar-refractivity contribution is 0.482. The maximum Gasteiger partial charge on any atom is 0.243 e. The smallest absolute Gasteiger partial charge is 0.243 e. The summed E-state index contributed by atoms with van der Waals surface area (Å²) in [5.74, 6) is 0.395. The van der Waals surface area contributed by atoms with Gasteiger partial charge in [0.2, 0.25) is 10.0 Å².